The molecule has 0 amide bonds. The van der Waals surface area contributed by atoms with Crippen molar-refractivity contribution in [3.05, 3.63) is 86.3 Å². The Bertz CT molecular complexity index is 1530. The van der Waals surface area contributed by atoms with Crippen LogP contribution in [-0.4, -0.2) is 29.3 Å². The number of aryl methyl sites for hydroxylation is 1. The van der Waals surface area contributed by atoms with Gasteiger partial charge < -0.3 is 25.6 Å². The van der Waals surface area contributed by atoms with Crippen LogP contribution in [0.1, 0.15) is 40.1 Å². The number of rotatable bonds is 7. The number of hydrogen-bond donors (Lipinski definition) is 4. The van der Waals surface area contributed by atoms with Crippen molar-refractivity contribution in [1.82, 2.24) is 4.98 Å². The van der Waals surface area contributed by atoms with Crippen molar-refractivity contribution in [1.29, 1.82) is 5.41 Å². The molecule has 8 nitrogen and oxygen atoms in total. The first-order valence-corrected chi connectivity index (χ1v) is 11.2. The Hall–Kier alpha value is -4.17. The number of carboxylic acid groups (broad SMARTS) is 1. The van der Waals surface area contributed by atoms with Gasteiger partial charge in [0, 0.05) is 41.7 Å². The van der Waals surface area contributed by atoms with Gasteiger partial charge in [-0.1, -0.05) is 17.7 Å². The predicted molar refractivity (Wildman–Crippen MR) is 138 cm³/mol. The Balaban J connectivity index is 1.85. The molecule has 4 aromatic rings. The third-order valence-corrected chi connectivity index (χ3v) is 5.88. The van der Waals surface area contributed by atoms with Gasteiger partial charge in [-0.05, 0) is 55.8 Å². The summed E-state index contributed by atoms with van der Waals surface area (Å²) in [6.07, 6.45) is 1.23. The van der Waals surface area contributed by atoms with Crippen molar-refractivity contribution in [2.24, 2.45) is 0 Å². The number of halogens is 1. The van der Waals surface area contributed by atoms with Crippen LogP contribution in [0, 0.1) is 12.3 Å². The summed E-state index contributed by atoms with van der Waals surface area (Å²) in [5.41, 5.74) is 3.92. The smallest absolute Gasteiger partial charge is 0.356 e. The molecule has 0 aliphatic carbocycles. The summed E-state index contributed by atoms with van der Waals surface area (Å²) in [6, 6.07) is 13.1. The third kappa shape index (κ3) is 4.74. The first-order valence-electron chi connectivity index (χ1n) is 10.8. The zero-order valence-electron chi connectivity index (χ0n) is 19.3. The highest BCUT2D eigenvalue weighted by Gasteiger charge is 2.20. The largest absolute Gasteiger partial charge is 0.476 e. The average Bonchev–Trinajstić information content (AvgIpc) is 2.84. The number of aromatic carboxylic acids is 1. The highest BCUT2D eigenvalue weighted by Crippen LogP contribution is 2.32. The summed E-state index contributed by atoms with van der Waals surface area (Å²) in [4.78, 5) is 28.6. The molecule has 35 heavy (non-hydrogen) atoms. The van der Waals surface area contributed by atoms with E-state index in [1.54, 1.807) is 25.2 Å². The lowest BCUT2D eigenvalue weighted by atomic mass is 10.00. The number of benzene rings is 2. The number of carbonyl (C=O) groups is 1. The molecule has 2 aromatic heterocycles. The second-order valence-corrected chi connectivity index (χ2v) is 8.49. The normalized spacial score (nSPS) is 11.8. The highest BCUT2D eigenvalue weighted by molar-refractivity contribution is 6.29. The standard InChI is InChI=1S/C26H23ClN4O4/c1-13-8-17(14(2)30-20-6-7-23(27)31-24(20)26(33)34)25-18(9-13)21(32)11-22(35-25)15-4-5-19(29-3)16(10-15)12-28/h4-12,14,28-30H,1-3H3,(H,33,34). The number of nitrogens with one attached hydrogen (secondary N) is 3. The third-order valence-electron chi connectivity index (χ3n) is 5.66. The Morgan fingerprint density at radius 1 is 1.17 bits per heavy atom. The van der Waals surface area contributed by atoms with Crippen LogP contribution in [-0.2, 0) is 0 Å². The number of carboxylic acids is 1. The SMILES string of the molecule is CNc1ccc(-c2cc(=O)c3cc(C)cc(C(C)Nc4ccc(Cl)nc4C(=O)O)c3o2)cc1C=N. The molecule has 9 heteroatoms. The number of hydrogen-bond acceptors (Lipinski definition) is 7. The van der Waals surface area contributed by atoms with Crippen LogP contribution in [0.25, 0.3) is 22.3 Å². The van der Waals surface area contributed by atoms with Gasteiger partial charge in [-0.15, -0.1) is 0 Å². The molecule has 0 aliphatic heterocycles. The van der Waals surface area contributed by atoms with Crippen molar-refractivity contribution < 1.29 is 14.3 Å². The molecule has 0 saturated heterocycles. The van der Waals surface area contributed by atoms with Gasteiger partial charge >= 0.3 is 5.97 Å². The molecule has 0 radical (unpaired) electrons. The minimum atomic E-state index is -1.21. The number of aromatic nitrogens is 1. The van der Waals surface area contributed by atoms with E-state index in [-0.39, 0.29) is 16.3 Å². The van der Waals surface area contributed by atoms with Gasteiger partial charge in [0.25, 0.3) is 0 Å². The Morgan fingerprint density at radius 2 is 1.91 bits per heavy atom. The van der Waals surface area contributed by atoms with E-state index in [0.717, 1.165) is 11.3 Å². The zero-order valence-corrected chi connectivity index (χ0v) is 20.0. The van der Waals surface area contributed by atoms with Crippen LogP contribution in [0.4, 0.5) is 11.4 Å². The molecule has 1 atom stereocenters. The summed E-state index contributed by atoms with van der Waals surface area (Å²) < 4.78 is 6.25. The number of nitrogens with zero attached hydrogens (tertiary/aromatic N) is 1. The van der Waals surface area contributed by atoms with E-state index in [1.165, 1.54) is 18.3 Å². The fourth-order valence-electron chi connectivity index (χ4n) is 3.99. The van der Waals surface area contributed by atoms with E-state index < -0.39 is 12.0 Å². The Morgan fingerprint density at radius 3 is 2.60 bits per heavy atom. The lowest BCUT2D eigenvalue weighted by Crippen LogP contribution is -2.13. The summed E-state index contributed by atoms with van der Waals surface area (Å²) in [6.45, 7) is 3.72. The molecule has 2 aromatic carbocycles. The summed E-state index contributed by atoms with van der Waals surface area (Å²) in [5.74, 6) is -0.845. The Kier molecular flexibility index (Phi) is 6.57. The molecule has 0 saturated carbocycles. The van der Waals surface area contributed by atoms with E-state index in [9.17, 15) is 14.7 Å². The monoisotopic (exact) mass is 490 g/mol. The lowest BCUT2D eigenvalue weighted by Gasteiger charge is -2.19. The average molecular weight is 491 g/mol. The second-order valence-electron chi connectivity index (χ2n) is 8.10. The van der Waals surface area contributed by atoms with E-state index in [2.05, 4.69) is 15.6 Å². The molecular weight excluding hydrogens is 468 g/mol. The molecule has 4 rings (SSSR count). The summed E-state index contributed by atoms with van der Waals surface area (Å²) in [5, 5.41) is 23.9. The van der Waals surface area contributed by atoms with E-state index in [1.807, 2.05) is 32.0 Å². The van der Waals surface area contributed by atoms with Crippen LogP contribution in [0.3, 0.4) is 0 Å². The van der Waals surface area contributed by atoms with Gasteiger partial charge in [0.15, 0.2) is 11.1 Å². The van der Waals surface area contributed by atoms with Crippen molar-refractivity contribution in [2.75, 3.05) is 17.7 Å². The molecule has 1 unspecified atom stereocenters. The first kappa shape index (κ1) is 24.0. The summed E-state index contributed by atoms with van der Waals surface area (Å²) >= 11 is 5.88. The van der Waals surface area contributed by atoms with Crippen LogP contribution in [0.5, 0.6) is 0 Å². The molecular formula is C26H23ClN4O4. The van der Waals surface area contributed by atoms with Gasteiger partial charge in [0.05, 0.1) is 17.1 Å². The molecule has 2 heterocycles. The Labute approximate surface area is 206 Å². The fraction of sp³-hybridized carbons (Fsp3) is 0.154. The van der Waals surface area contributed by atoms with Crippen LogP contribution in [0.2, 0.25) is 5.15 Å². The van der Waals surface area contributed by atoms with Crippen molar-refractivity contribution in [3.8, 4) is 11.3 Å². The van der Waals surface area contributed by atoms with E-state index >= 15 is 0 Å². The van der Waals surface area contributed by atoms with Crippen LogP contribution in [0.15, 0.2) is 57.7 Å². The highest BCUT2D eigenvalue weighted by atomic mass is 35.5. The van der Waals surface area contributed by atoms with Crippen LogP contribution >= 0.6 is 11.6 Å². The number of pyridine rings is 1. The summed E-state index contributed by atoms with van der Waals surface area (Å²) in [7, 11) is 1.77. The van der Waals surface area contributed by atoms with Gasteiger partial charge in [-0.2, -0.15) is 0 Å². The molecule has 4 N–H and O–H groups in total. The van der Waals surface area contributed by atoms with E-state index in [0.29, 0.717) is 39.1 Å². The predicted octanol–water partition coefficient (Wildman–Crippen LogP) is 5.73. The minimum absolute atomic E-state index is 0.0748. The van der Waals surface area contributed by atoms with Gasteiger partial charge in [-0.3, -0.25) is 4.79 Å². The maximum absolute atomic E-state index is 13.1. The topological polar surface area (TPSA) is 128 Å². The lowest BCUT2D eigenvalue weighted by molar-refractivity contribution is 0.0691. The van der Waals surface area contributed by atoms with Crippen molar-refractivity contribution in [2.45, 2.75) is 19.9 Å². The van der Waals surface area contributed by atoms with Crippen LogP contribution < -0.4 is 16.1 Å². The molecule has 0 aliphatic rings. The molecule has 0 bridgehead atoms. The van der Waals surface area contributed by atoms with Gasteiger partial charge in [0.1, 0.15) is 16.5 Å². The molecule has 178 valence electrons. The van der Waals surface area contributed by atoms with Crippen molar-refractivity contribution >= 4 is 46.1 Å². The maximum Gasteiger partial charge on any atom is 0.356 e. The number of fused-ring (bicyclic) bond motifs is 1. The fourth-order valence-corrected chi connectivity index (χ4v) is 4.13. The van der Waals surface area contributed by atoms with Gasteiger partial charge in [-0.25, -0.2) is 9.78 Å². The minimum Gasteiger partial charge on any atom is -0.476 e. The molecule has 0 spiro atoms. The number of anilines is 2. The zero-order chi connectivity index (χ0) is 25.3. The van der Waals surface area contributed by atoms with Gasteiger partial charge in [0.2, 0.25) is 0 Å². The quantitative estimate of drug-likeness (QED) is 0.192. The maximum atomic E-state index is 13.1. The molecule has 0 fully saturated rings. The van der Waals surface area contributed by atoms with E-state index in [4.69, 9.17) is 21.4 Å². The van der Waals surface area contributed by atoms with Crippen molar-refractivity contribution in [3.63, 3.8) is 0 Å². The first-order chi connectivity index (χ1) is 16.7. The second kappa shape index (κ2) is 9.60.